The second kappa shape index (κ2) is 9.24. The smallest absolute Gasteiger partial charge is 0.323 e. The molecule has 2 atom stereocenters. The molecular formula is C19H44O4Si4. The predicted octanol–water partition coefficient (Wildman–Crippen LogP) is 6.77. The van der Waals surface area contributed by atoms with Gasteiger partial charge in [0.1, 0.15) is 0 Å². The van der Waals surface area contributed by atoms with Crippen molar-refractivity contribution in [1.82, 2.24) is 0 Å². The van der Waals surface area contributed by atoms with Crippen molar-refractivity contribution in [3.63, 3.8) is 0 Å². The summed E-state index contributed by atoms with van der Waals surface area (Å²) in [5, 5.41) is 0. The molecule has 0 spiro atoms. The van der Waals surface area contributed by atoms with E-state index in [0.29, 0.717) is 5.54 Å². The third kappa shape index (κ3) is 4.57. The van der Waals surface area contributed by atoms with Gasteiger partial charge in [-0.25, -0.2) is 0 Å². The van der Waals surface area contributed by atoms with Gasteiger partial charge in [0, 0.05) is 5.54 Å². The lowest BCUT2D eigenvalue weighted by molar-refractivity contribution is 0.209. The second-order valence-corrected chi connectivity index (χ2v) is 24.5. The van der Waals surface area contributed by atoms with E-state index < -0.39 is 34.2 Å². The van der Waals surface area contributed by atoms with Gasteiger partial charge in [-0.05, 0) is 54.6 Å². The lowest BCUT2D eigenvalue weighted by Crippen LogP contribution is -2.69. The van der Waals surface area contributed by atoms with E-state index in [4.69, 9.17) is 16.5 Å². The Morgan fingerprint density at radius 1 is 0.556 bits per heavy atom. The fourth-order valence-corrected chi connectivity index (χ4v) is 30.4. The van der Waals surface area contributed by atoms with Crippen molar-refractivity contribution in [2.75, 3.05) is 0 Å². The van der Waals surface area contributed by atoms with Crippen molar-refractivity contribution in [2.24, 2.45) is 5.92 Å². The first kappa shape index (κ1) is 24.0. The molecule has 2 aliphatic rings. The van der Waals surface area contributed by atoms with Gasteiger partial charge in [0.05, 0.1) is 0 Å². The predicted molar refractivity (Wildman–Crippen MR) is 123 cm³/mol. The van der Waals surface area contributed by atoms with E-state index in [1.54, 1.807) is 0 Å². The van der Waals surface area contributed by atoms with Crippen molar-refractivity contribution in [1.29, 1.82) is 0 Å². The third-order valence-electron chi connectivity index (χ3n) is 7.20. The van der Waals surface area contributed by atoms with Crippen LogP contribution in [-0.2, 0) is 16.5 Å². The molecule has 160 valence electrons. The summed E-state index contributed by atoms with van der Waals surface area (Å²) in [7, 11) is -9.23. The van der Waals surface area contributed by atoms with Crippen molar-refractivity contribution in [3.8, 4) is 0 Å². The zero-order valence-electron chi connectivity index (χ0n) is 19.2. The number of hydrogen-bond acceptors (Lipinski definition) is 4. The summed E-state index contributed by atoms with van der Waals surface area (Å²) >= 11 is 0. The molecule has 0 aromatic rings. The summed E-state index contributed by atoms with van der Waals surface area (Å²) in [5.74, 6) is 0.788. The van der Waals surface area contributed by atoms with E-state index in [1.807, 2.05) is 0 Å². The molecule has 1 saturated heterocycles. The fourth-order valence-electron chi connectivity index (χ4n) is 4.80. The minimum Gasteiger partial charge on any atom is -0.415 e. The molecule has 0 amide bonds. The van der Waals surface area contributed by atoms with Crippen LogP contribution < -0.4 is 0 Å². The Bertz CT molecular complexity index is 452. The Kier molecular flexibility index (Phi) is 8.21. The molecule has 0 aromatic carbocycles. The molecule has 1 aliphatic carbocycles. The number of rotatable bonds is 9. The van der Waals surface area contributed by atoms with Crippen LogP contribution in [0.5, 0.6) is 0 Å². The SMILES string of the molecule is CCC1CC1[Si]1(CC)O[Si](CC)(CC)O[Si](CC)(CC)O[Si](CC)(CC)O1. The summed E-state index contributed by atoms with van der Waals surface area (Å²) in [5.41, 5.74) is 0.645. The van der Waals surface area contributed by atoms with Gasteiger partial charge in [-0.15, -0.1) is 0 Å². The highest BCUT2D eigenvalue weighted by Crippen LogP contribution is 2.58. The summed E-state index contributed by atoms with van der Waals surface area (Å²) < 4.78 is 28.9. The summed E-state index contributed by atoms with van der Waals surface area (Å²) in [6.07, 6.45) is 2.53. The average molecular weight is 449 g/mol. The Labute approximate surface area is 172 Å². The summed E-state index contributed by atoms with van der Waals surface area (Å²) in [6.45, 7) is 18.2. The van der Waals surface area contributed by atoms with Gasteiger partial charge in [0.15, 0.2) is 0 Å². The molecule has 2 unspecified atom stereocenters. The van der Waals surface area contributed by atoms with E-state index in [-0.39, 0.29) is 0 Å². The molecule has 4 nitrogen and oxygen atoms in total. The van der Waals surface area contributed by atoms with Gasteiger partial charge < -0.3 is 16.5 Å². The van der Waals surface area contributed by atoms with Crippen LogP contribution >= 0.6 is 0 Å². The van der Waals surface area contributed by atoms with Gasteiger partial charge in [-0.2, -0.15) is 0 Å². The summed E-state index contributed by atoms with van der Waals surface area (Å²) in [4.78, 5) is 0. The molecule has 0 aromatic heterocycles. The second-order valence-electron chi connectivity index (χ2n) is 8.44. The lowest BCUT2D eigenvalue weighted by atomic mass is 10.3. The molecule has 0 bridgehead atoms. The maximum Gasteiger partial charge on any atom is 0.323 e. The molecule has 2 rings (SSSR count). The normalized spacial score (nSPS) is 31.1. The minimum atomic E-state index is -2.34. The Morgan fingerprint density at radius 2 is 0.926 bits per heavy atom. The maximum absolute atomic E-state index is 7.31. The van der Waals surface area contributed by atoms with Gasteiger partial charge in [0.25, 0.3) is 0 Å². The van der Waals surface area contributed by atoms with Crippen LogP contribution in [0.25, 0.3) is 0 Å². The van der Waals surface area contributed by atoms with Crippen molar-refractivity contribution >= 4 is 34.2 Å². The molecule has 0 N–H and O–H groups in total. The van der Waals surface area contributed by atoms with Crippen molar-refractivity contribution < 1.29 is 16.5 Å². The highest BCUT2D eigenvalue weighted by molar-refractivity contribution is 6.95. The molecule has 1 heterocycles. The quantitative estimate of drug-likeness (QED) is 0.364. The molecule has 1 aliphatic heterocycles. The van der Waals surface area contributed by atoms with Crippen LogP contribution in [0, 0.1) is 5.92 Å². The van der Waals surface area contributed by atoms with Crippen LogP contribution in [0.15, 0.2) is 0 Å². The monoisotopic (exact) mass is 448 g/mol. The van der Waals surface area contributed by atoms with Gasteiger partial charge in [0.2, 0.25) is 0 Å². The van der Waals surface area contributed by atoms with Gasteiger partial charge in [-0.3, -0.25) is 0 Å². The highest BCUT2D eigenvalue weighted by Gasteiger charge is 2.65. The topological polar surface area (TPSA) is 36.9 Å². The maximum atomic E-state index is 7.31. The highest BCUT2D eigenvalue weighted by atomic mass is 28.5. The largest absolute Gasteiger partial charge is 0.415 e. The molecule has 2 fully saturated rings. The van der Waals surface area contributed by atoms with E-state index in [0.717, 1.165) is 48.2 Å². The van der Waals surface area contributed by atoms with Crippen LogP contribution in [-0.4, -0.2) is 34.2 Å². The van der Waals surface area contributed by atoms with Crippen molar-refractivity contribution in [2.45, 2.75) is 116 Å². The number of hydrogen-bond donors (Lipinski definition) is 0. The van der Waals surface area contributed by atoms with E-state index in [9.17, 15) is 0 Å². The molecular weight excluding hydrogens is 405 g/mol. The summed E-state index contributed by atoms with van der Waals surface area (Å²) in [6, 6.07) is 7.08. The van der Waals surface area contributed by atoms with E-state index in [1.165, 1.54) is 12.8 Å². The minimum absolute atomic E-state index is 0.645. The fraction of sp³-hybridized carbons (Fsp3) is 1.00. The van der Waals surface area contributed by atoms with Crippen LogP contribution in [0.2, 0.25) is 47.8 Å². The first-order valence-corrected chi connectivity index (χ1v) is 20.4. The van der Waals surface area contributed by atoms with E-state index in [2.05, 4.69) is 55.4 Å². The van der Waals surface area contributed by atoms with Crippen LogP contribution in [0.4, 0.5) is 0 Å². The molecule has 27 heavy (non-hydrogen) atoms. The average Bonchev–Trinajstić information content (AvgIpc) is 3.50. The van der Waals surface area contributed by atoms with Crippen LogP contribution in [0.3, 0.4) is 0 Å². The Hall–Kier alpha value is 0.708. The molecule has 1 saturated carbocycles. The zero-order valence-corrected chi connectivity index (χ0v) is 23.2. The molecule has 0 radical (unpaired) electrons. The van der Waals surface area contributed by atoms with Gasteiger partial charge in [-0.1, -0.05) is 61.8 Å². The lowest BCUT2D eigenvalue weighted by Gasteiger charge is -2.53. The Morgan fingerprint density at radius 3 is 1.19 bits per heavy atom. The first-order chi connectivity index (χ1) is 12.8. The van der Waals surface area contributed by atoms with Crippen LogP contribution in [0.1, 0.15) is 68.2 Å². The van der Waals surface area contributed by atoms with Crippen molar-refractivity contribution in [3.05, 3.63) is 0 Å². The first-order valence-electron chi connectivity index (χ1n) is 11.6. The van der Waals surface area contributed by atoms with Gasteiger partial charge >= 0.3 is 34.2 Å². The van der Waals surface area contributed by atoms with E-state index >= 15 is 0 Å². The third-order valence-corrected chi connectivity index (χ3v) is 28.2. The Balaban J connectivity index is 2.54. The zero-order chi connectivity index (χ0) is 20.3. The standard InChI is InChI=1S/C19H44O4Si4/c1-9-18-17-19(18)27(16-8)22-25(12-4,13-5)20-24(10-2,11-3)21-26(14-6,15-7)23-27/h18-19H,9-17H2,1-8H3. The molecule has 8 heteroatoms.